The van der Waals surface area contributed by atoms with Crippen molar-refractivity contribution in [3.05, 3.63) is 11.6 Å². The van der Waals surface area contributed by atoms with Crippen molar-refractivity contribution >= 4 is 6.09 Å². The van der Waals surface area contributed by atoms with E-state index >= 15 is 0 Å². The number of aliphatic hydroxyl groups excluding tert-OH is 1. The van der Waals surface area contributed by atoms with Gasteiger partial charge >= 0.3 is 6.09 Å². The van der Waals surface area contributed by atoms with Crippen LogP contribution in [0.3, 0.4) is 0 Å². The number of fused-ring (bicyclic) bond motifs is 5. The van der Waals surface area contributed by atoms with Crippen LogP contribution in [0.2, 0.25) is 0 Å². The molecule has 3 saturated carbocycles. The summed E-state index contributed by atoms with van der Waals surface area (Å²) in [7, 11) is 0. The lowest BCUT2D eigenvalue weighted by molar-refractivity contribution is -0.0581. The van der Waals surface area contributed by atoms with Crippen LogP contribution < -0.4 is 5.32 Å². The number of nitrogens with one attached hydrogen (secondary N) is 1. The van der Waals surface area contributed by atoms with Crippen molar-refractivity contribution in [2.75, 3.05) is 13.2 Å². The zero-order chi connectivity index (χ0) is 24.5. The number of hydrogen-bond acceptors (Lipinski definition) is 3. The van der Waals surface area contributed by atoms with Crippen molar-refractivity contribution in [1.82, 2.24) is 5.32 Å². The number of carbonyl (C=O) groups excluding carboxylic acids is 1. The van der Waals surface area contributed by atoms with E-state index in [-0.39, 0.29) is 32.2 Å². The molecule has 0 heterocycles. The molecule has 1 amide bonds. The lowest BCUT2D eigenvalue weighted by atomic mass is 9.47. The van der Waals surface area contributed by atoms with Crippen LogP contribution in [-0.4, -0.2) is 30.5 Å². The van der Waals surface area contributed by atoms with E-state index in [1.54, 1.807) is 5.57 Å². The Balaban J connectivity index is 0.00000342. The van der Waals surface area contributed by atoms with E-state index in [0.717, 1.165) is 54.8 Å². The monoisotopic (exact) mass is 475 g/mol. The number of hydrogen-bond donors (Lipinski definition) is 2. The molecule has 5 unspecified atom stereocenters. The van der Waals surface area contributed by atoms with Crippen LogP contribution in [0, 0.1) is 46.3 Å². The van der Waals surface area contributed by atoms with Crippen molar-refractivity contribution in [1.29, 1.82) is 0 Å². The molecule has 196 valence electrons. The molecule has 0 spiro atoms. The fourth-order valence-electron chi connectivity index (χ4n) is 9.10. The van der Waals surface area contributed by atoms with E-state index in [0.29, 0.717) is 5.41 Å². The Bertz CT molecular complexity index is 754. The minimum atomic E-state index is -0.384. The second kappa shape index (κ2) is 10.5. The predicted molar refractivity (Wildman–Crippen MR) is 141 cm³/mol. The molecule has 4 aliphatic carbocycles. The number of aliphatic hydroxyl groups is 1. The smallest absolute Gasteiger partial charge is 0.407 e. The van der Waals surface area contributed by atoms with Crippen LogP contribution in [0.4, 0.5) is 4.79 Å². The SMILES string of the molecule is CC(C)CCCC(C)C1CC[C@H]2C3CC=C4CC(OC(=O)NCCO)CC[C@]4(C)C3CC[C@]12C.[HH]. The molecule has 0 aromatic heterocycles. The molecule has 0 aromatic rings. The van der Waals surface area contributed by atoms with Crippen LogP contribution in [0.25, 0.3) is 0 Å². The van der Waals surface area contributed by atoms with E-state index in [4.69, 9.17) is 9.84 Å². The highest BCUT2D eigenvalue weighted by molar-refractivity contribution is 5.67. The summed E-state index contributed by atoms with van der Waals surface area (Å²) < 4.78 is 5.69. The number of allylic oxidation sites excluding steroid dienone is 1. The zero-order valence-corrected chi connectivity index (χ0v) is 22.6. The van der Waals surface area contributed by atoms with Crippen molar-refractivity contribution < 1.29 is 16.1 Å². The standard InChI is InChI=1S/C30H51NO3.H2/c1-20(2)7-6-8-21(3)25-11-12-26-24-10-9-22-19-23(34-28(33)31-17-18-32)13-15-29(22,4)27(24)14-16-30(25,26)5;/h9,20-21,23-27,32H,6-8,10-19H2,1-5H3,(H,31,33);1H/t21?,23?,24?,25?,26-,27?,29-,30+;/m0./s1. The summed E-state index contributed by atoms with van der Waals surface area (Å²) in [6, 6.07) is 0. The Morgan fingerprint density at radius 2 is 1.94 bits per heavy atom. The van der Waals surface area contributed by atoms with E-state index in [1.165, 1.54) is 51.4 Å². The van der Waals surface area contributed by atoms with E-state index in [1.807, 2.05) is 0 Å². The largest absolute Gasteiger partial charge is 0.446 e. The maximum atomic E-state index is 12.0. The molecule has 4 rings (SSSR count). The second-order valence-corrected chi connectivity index (χ2v) is 13.2. The van der Waals surface area contributed by atoms with Gasteiger partial charge in [-0.05, 0) is 91.3 Å². The van der Waals surface area contributed by atoms with Gasteiger partial charge in [-0.15, -0.1) is 0 Å². The Morgan fingerprint density at radius 3 is 2.68 bits per heavy atom. The first kappa shape index (κ1) is 26.0. The Labute approximate surface area is 210 Å². The van der Waals surface area contributed by atoms with Gasteiger partial charge in [-0.1, -0.05) is 65.5 Å². The average molecular weight is 476 g/mol. The van der Waals surface area contributed by atoms with Gasteiger partial charge in [0.15, 0.2) is 0 Å². The molecule has 4 heteroatoms. The lowest BCUT2D eigenvalue weighted by Gasteiger charge is -2.58. The summed E-state index contributed by atoms with van der Waals surface area (Å²) in [5.41, 5.74) is 2.37. The molecule has 0 aromatic carbocycles. The molecule has 34 heavy (non-hydrogen) atoms. The van der Waals surface area contributed by atoms with Crippen LogP contribution in [0.15, 0.2) is 11.6 Å². The van der Waals surface area contributed by atoms with Crippen LogP contribution in [-0.2, 0) is 4.74 Å². The van der Waals surface area contributed by atoms with E-state index in [9.17, 15) is 4.79 Å². The van der Waals surface area contributed by atoms with Crippen LogP contribution in [0.5, 0.6) is 0 Å². The molecule has 0 radical (unpaired) electrons. The molecule has 4 nitrogen and oxygen atoms in total. The Morgan fingerprint density at radius 1 is 1.15 bits per heavy atom. The summed E-state index contributed by atoms with van der Waals surface area (Å²) in [4.78, 5) is 12.0. The zero-order valence-electron chi connectivity index (χ0n) is 22.6. The molecule has 0 saturated heterocycles. The van der Waals surface area contributed by atoms with Gasteiger partial charge in [-0.2, -0.15) is 0 Å². The first-order chi connectivity index (χ1) is 16.2. The molecular formula is C30H53NO3. The highest BCUT2D eigenvalue weighted by Crippen LogP contribution is 2.67. The van der Waals surface area contributed by atoms with E-state index < -0.39 is 0 Å². The lowest BCUT2D eigenvalue weighted by Crippen LogP contribution is -2.51. The van der Waals surface area contributed by atoms with Gasteiger partial charge < -0.3 is 15.2 Å². The predicted octanol–water partition coefficient (Wildman–Crippen LogP) is 7.36. The van der Waals surface area contributed by atoms with Crippen LogP contribution >= 0.6 is 0 Å². The molecule has 2 N–H and O–H groups in total. The third-order valence-electron chi connectivity index (χ3n) is 10.9. The maximum absolute atomic E-state index is 12.0. The Hall–Kier alpha value is -1.03. The fraction of sp³-hybridized carbons (Fsp3) is 0.900. The first-order valence-electron chi connectivity index (χ1n) is 14.4. The van der Waals surface area contributed by atoms with Gasteiger partial charge in [0.2, 0.25) is 0 Å². The van der Waals surface area contributed by atoms with Crippen LogP contribution in [0.1, 0.15) is 107 Å². The Kier molecular flexibility index (Phi) is 8.06. The van der Waals surface area contributed by atoms with Gasteiger partial charge in [0, 0.05) is 14.4 Å². The second-order valence-electron chi connectivity index (χ2n) is 13.2. The number of amides is 1. The minimum absolute atomic E-state index is 0. The topological polar surface area (TPSA) is 58.6 Å². The third kappa shape index (κ3) is 4.95. The summed E-state index contributed by atoms with van der Waals surface area (Å²) in [6.07, 6.45) is 16.2. The third-order valence-corrected chi connectivity index (χ3v) is 10.9. The minimum Gasteiger partial charge on any atom is -0.446 e. The maximum Gasteiger partial charge on any atom is 0.407 e. The van der Waals surface area contributed by atoms with Gasteiger partial charge in [-0.25, -0.2) is 4.79 Å². The highest BCUT2D eigenvalue weighted by atomic mass is 16.6. The molecule has 0 bridgehead atoms. The number of alkyl carbamates (subject to hydrolysis) is 1. The number of carbonyl (C=O) groups is 1. The molecule has 3 fully saturated rings. The van der Waals surface area contributed by atoms with Gasteiger partial charge in [0.05, 0.1) is 6.61 Å². The molecular weight excluding hydrogens is 422 g/mol. The molecule has 4 aliphatic rings. The van der Waals surface area contributed by atoms with Gasteiger partial charge in [0.1, 0.15) is 6.10 Å². The molecule has 8 atom stereocenters. The summed E-state index contributed by atoms with van der Waals surface area (Å²) >= 11 is 0. The van der Waals surface area contributed by atoms with E-state index in [2.05, 4.69) is 46.0 Å². The van der Waals surface area contributed by atoms with Crippen molar-refractivity contribution in [2.45, 2.75) is 111 Å². The fourth-order valence-corrected chi connectivity index (χ4v) is 9.10. The number of ether oxygens (including phenoxy) is 1. The van der Waals surface area contributed by atoms with Crippen molar-refractivity contribution in [2.24, 2.45) is 46.3 Å². The van der Waals surface area contributed by atoms with Gasteiger partial charge in [0.25, 0.3) is 0 Å². The summed E-state index contributed by atoms with van der Waals surface area (Å²) in [6.45, 7) is 12.7. The number of rotatable bonds is 8. The van der Waals surface area contributed by atoms with Crippen molar-refractivity contribution in [3.8, 4) is 0 Å². The highest BCUT2D eigenvalue weighted by Gasteiger charge is 2.59. The first-order valence-corrected chi connectivity index (χ1v) is 14.4. The molecule has 0 aliphatic heterocycles. The van der Waals surface area contributed by atoms with Crippen molar-refractivity contribution in [3.63, 3.8) is 0 Å². The summed E-state index contributed by atoms with van der Waals surface area (Å²) in [5, 5.41) is 11.6. The average Bonchev–Trinajstić information content (AvgIpc) is 3.15. The normalized spacial score (nSPS) is 40.1. The quantitative estimate of drug-likeness (QED) is 0.361. The van der Waals surface area contributed by atoms with Gasteiger partial charge in [-0.3, -0.25) is 0 Å². The summed E-state index contributed by atoms with van der Waals surface area (Å²) in [5.74, 6) is 5.12.